The number of H-pyrrole nitrogens is 1. The van der Waals surface area contributed by atoms with Gasteiger partial charge in [0.2, 0.25) is 5.82 Å². The topological polar surface area (TPSA) is 81.5 Å². The maximum absolute atomic E-state index is 6.35. The van der Waals surface area contributed by atoms with Crippen LogP contribution in [-0.4, -0.2) is 30.2 Å². The van der Waals surface area contributed by atoms with Crippen molar-refractivity contribution in [2.24, 2.45) is 0 Å². The molecule has 0 atom stereocenters. The molecule has 6 rings (SSSR count). The molecule has 1 N–H and O–H groups in total. The van der Waals surface area contributed by atoms with Crippen LogP contribution < -0.4 is 4.74 Å². The lowest BCUT2D eigenvalue weighted by Crippen LogP contribution is -2.03. The highest BCUT2D eigenvalue weighted by Crippen LogP contribution is 2.42. The van der Waals surface area contributed by atoms with E-state index < -0.39 is 0 Å². The van der Waals surface area contributed by atoms with Crippen molar-refractivity contribution in [1.29, 1.82) is 0 Å². The van der Waals surface area contributed by atoms with Gasteiger partial charge < -0.3 is 9.30 Å². The molecule has 1 aliphatic rings. The molecule has 0 unspecified atom stereocenters. The molecule has 36 heavy (non-hydrogen) atoms. The summed E-state index contributed by atoms with van der Waals surface area (Å²) in [6, 6.07) is 23.0. The van der Waals surface area contributed by atoms with Crippen LogP contribution in [0.5, 0.6) is 5.75 Å². The van der Waals surface area contributed by atoms with Crippen LogP contribution in [0.2, 0.25) is 0 Å². The van der Waals surface area contributed by atoms with Gasteiger partial charge in [0.1, 0.15) is 18.2 Å². The number of allylic oxidation sites excluding steroid dienone is 1. The van der Waals surface area contributed by atoms with Gasteiger partial charge in [-0.15, -0.1) is 10.2 Å². The standard InChI is InChI=1S/C29H26N6O/c1-4-26-30-24(20-10-6-5-7-11-20)16-35(26)22-13-14-23-21(15-22)17-36-25-12-8-9-18(2)27(25)28(23)19(3)29-31-33-34-32-29/h5-16H,4,17H2,1-3H3,(H,31,32,33,34)/b28-19+. The molecular formula is C29H26N6O. The van der Waals surface area contributed by atoms with E-state index >= 15 is 0 Å². The van der Waals surface area contributed by atoms with Crippen LogP contribution in [0, 0.1) is 6.92 Å². The smallest absolute Gasteiger partial charge is 0.201 e. The van der Waals surface area contributed by atoms with E-state index in [4.69, 9.17) is 9.72 Å². The van der Waals surface area contributed by atoms with Gasteiger partial charge in [-0.3, -0.25) is 0 Å². The molecule has 3 heterocycles. The number of aromatic amines is 1. The summed E-state index contributed by atoms with van der Waals surface area (Å²) in [5.41, 5.74) is 9.55. The van der Waals surface area contributed by atoms with Gasteiger partial charge >= 0.3 is 0 Å². The van der Waals surface area contributed by atoms with Crippen LogP contribution in [0.3, 0.4) is 0 Å². The van der Waals surface area contributed by atoms with Crippen LogP contribution in [0.4, 0.5) is 0 Å². The third kappa shape index (κ3) is 3.69. The minimum absolute atomic E-state index is 0.463. The number of hydrogen-bond acceptors (Lipinski definition) is 5. The Bertz CT molecular complexity index is 1580. The molecular weight excluding hydrogens is 448 g/mol. The number of hydrogen-bond donors (Lipinski definition) is 1. The van der Waals surface area contributed by atoms with Crippen molar-refractivity contribution < 1.29 is 4.74 Å². The molecule has 178 valence electrons. The Hall–Kier alpha value is -4.52. The maximum Gasteiger partial charge on any atom is 0.201 e. The van der Waals surface area contributed by atoms with Gasteiger partial charge in [-0.2, -0.15) is 5.21 Å². The number of aryl methyl sites for hydroxylation is 2. The normalized spacial score (nSPS) is 14.0. The van der Waals surface area contributed by atoms with E-state index in [0.29, 0.717) is 12.4 Å². The first-order chi connectivity index (χ1) is 17.6. The van der Waals surface area contributed by atoms with Crippen LogP contribution in [0.1, 0.15) is 47.8 Å². The third-order valence-corrected chi connectivity index (χ3v) is 6.72. The number of nitrogens with zero attached hydrogens (tertiary/aromatic N) is 5. The Kier molecular flexibility index (Phi) is 5.45. The second-order valence-electron chi connectivity index (χ2n) is 8.95. The summed E-state index contributed by atoms with van der Waals surface area (Å²) in [6.45, 7) is 6.74. The van der Waals surface area contributed by atoms with Gasteiger partial charge in [0.05, 0.1) is 5.69 Å². The van der Waals surface area contributed by atoms with Gasteiger partial charge in [-0.1, -0.05) is 55.5 Å². The van der Waals surface area contributed by atoms with Crippen LogP contribution in [0.15, 0.2) is 72.9 Å². The quantitative estimate of drug-likeness (QED) is 0.356. The number of rotatable bonds is 4. The number of aromatic nitrogens is 6. The van der Waals surface area contributed by atoms with Gasteiger partial charge in [-0.25, -0.2) is 4.98 Å². The monoisotopic (exact) mass is 474 g/mol. The average molecular weight is 475 g/mol. The van der Waals surface area contributed by atoms with Crippen LogP contribution in [-0.2, 0) is 13.0 Å². The molecule has 0 saturated heterocycles. The molecule has 0 amide bonds. The Balaban J connectivity index is 1.52. The van der Waals surface area contributed by atoms with Crippen molar-refractivity contribution in [2.45, 2.75) is 33.8 Å². The van der Waals surface area contributed by atoms with Gasteiger partial charge in [-0.05, 0) is 54.0 Å². The third-order valence-electron chi connectivity index (χ3n) is 6.72. The Morgan fingerprint density at radius 2 is 1.92 bits per heavy atom. The minimum Gasteiger partial charge on any atom is -0.488 e. The minimum atomic E-state index is 0.463. The molecule has 0 saturated carbocycles. The predicted octanol–water partition coefficient (Wildman–Crippen LogP) is 5.79. The fourth-order valence-corrected chi connectivity index (χ4v) is 4.93. The summed E-state index contributed by atoms with van der Waals surface area (Å²) in [4.78, 5) is 4.92. The van der Waals surface area contributed by atoms with Crippen LogP contribution >= 0.6 is 0 Å². The van der Waals surface area contributed by atoms with Crippen molar-refractivity contribution in [2.75, 3.05) is 0 Å². The summed E-state index contributed by atoms with van der Waals surface area (Å²) in [5.74, 6) is 2.45. The molecule has 1 aliphatic heterocycles. The van der Waals surface area contributed by atoms with E-state index in [0.717, 1.165) is 68.3 Å². The summed E-state index contributed by atoms with van der Waals surface area (Å²) >= 11 is 0. The van der Waals surface area contributed by atoms with Gasteiger partial charge in [0.25, 0.3) is 0 Å². The number of nitrogens with one attached hydrogen (secondary N) is 1. The van der Waals surface area contributed by atoms with E-state index in [1.54, 1.807) is 0 Å². The fourth-order valence-electron chi connectivity index (χ4n) is 4.93. The highest BCUT2D eigenvalue weighted by atomic mass is 16.5. The van der Waals surface area contributed by atoms with Crippen molar-refractivity contribution in [1.82, 2.24) is 30.2 Å². The average Bonchev–Trinajstić information content (AvgIpc) is 3.57. The first-order valence-electron chi connectivity index (χ1n) is 12.1. The maximum atomic E-state index is 6.35. The second-order valence-corrected chi connectivity index (χ2v) is 8.95. The first kappa shape index (κ1) is 22.0. The Labute approximate surface area is 209 Å². The van der Waals surface area contributed by atoms with Crippen molar-refractivity contribution >= 4 is 11.1 Å². The summed E-state index contributed by atoms with van der Waals surface area (Å²) in [5, 5.41) is 14.9. The highest BCUT2D eigenvalue weighted by Gasteiger charge is 2.25. The largest absolute Gasteiger partial charge is 0.488 e. The molecule has 0 aliphatic carbocycles. The van der Waals surface area contributed by atoms with Crippen molar-refractivity contribution in [3.8, 4) is 22.7 Å². The summed E-state index contributed by atoms with van der Waals surface area (Å²) in [7, 11) is 0. The zero-order valence-corrected chi connectivity index (χ0v) is 20.5. The first-order valence-corrected chi connectivity index (χ1v) is 12.1. The van der Waals surface area contributed by atoms with Crippen molar-refractivity contribution in [3.05, 3.63) is 107 Å². The Morgan fingerprint density at radius 3 is 2.69 bits per heavy atom. The molecule has 0 fully saturated rings. The lowest BCUT2D eigenvalue weighted by molar-refractivity contribution is 0.307. The molecule has 7 nitrogen and oxygen atoms in total. The lowest BCUT2D eigenvalue weighted by Gasteiger charge is -2.16. The van der Waals surface area contributed by atoms with E-state index in [1.807, 2.05) is 37.3 Å². The highest BCUT2D eigenvalue weighted by molar-refractivity contribution is 6.00. The van der Waals surface area contributed by atoms with Crippen LogP contribution in [0.25, 0.3) is 28.1 Å². The van der Waals surface area contributed by atoms with Crippen molar-refractivity contribution in [3.63, 3.8) is 0 Å². The lowest BCUT2D eigenvalue weighted by atomic mass is 9.88. The van der Waals surface area contributed by atoms with E-state index in [2.05, 4.69) is 81.6 Å². The molecule has 0 radical (unpaired) electrons. The van der Waals surface area contributed by atoms with Gasteiger partial charge in [0.15, 0.2) is 0 Å². The number of ether oxygens (including phenoxy) is 1. The number of imidazole rings is 1. The van der Waals surface area contributed by atoms with E-state index in [1.165, 1.54) is 0 Å². The molecule has 3 aromatic carbocycles. The van der Waals surface area contributed by atoms with Gasteiger partial charge in [0, 0.05) is 40.6 Å². The summed E-state index contributed by atoms with van der Waals surface area (Å²) in [6.07, 6.45) is 2.95. The molecule has 0 spiro atoms. The second kappa shape index (κ2) is 8.92. The number of tetrazole rings is 1. The Morgan fingerprint density at radius 1 is 1.06 bits per heavy atom. The van der Waals surface area contributed by atoms with E-state index in [9.17, 15) is 0 Å². The summed E-state index contributed by atoms with van der Waals surface area (Å²) < 4.78 is 8.53. The molecule has 5 aromatic rings. The fraction of sp³-hybridized carbons (Fsp3) is 0.172. The van der Waals surface area contributed by atoms with E-state index in [-0.39, 0.29) is 0 Å². The zero-order chi connectivity index (χ0) is 24.6. The predicted molar refractivity (Wildman–Crippen MR) is 140 cm³/mol. The molecule has 2 aromatic heterocycles. The number of benzene rings is 3. The SMILES string of the molecule is CCc1nc(-c2ccccc2)cn1-c1ccc2c(c1)COc1cccc(C)c1/C2=C(\C)c1nn[nH]n1. The molecule has 0 bridgehead atoms. The zero-order valence-electron chi connectivity index (χ0n) is 20.5. The number of fused-ring (bicyclic) bond motifs is 2. The molecule has 7 heteroatoms.